The maximum Gasteiger partial charge on any atom is 0.256 e. The fourth-order valence-corrected chi connectivity index (χ4v) is 0.471. The Labute approximate surface area is 46.6 Å². The number of Topliss-reactive ketones (excluding diaryl/α,β-unsaturated/α-hetero) is 1. The van der Waals surface area contributed by atoms with Crippen LogP contribution in [0.5, 0.6) is 0 Å². The third-order valence-electron chi connectivity index (χ3n) is 0.898. The molecule has 1 N–H and O–H groups in total. The van der Waals surface area contributed by atoms with E-state index in [9.17, 15) is 4.79 Å². The predicted octanol–water partition coefficient (Wildman–Crippen LogP) is -0.192. The number of allylic oxidation sites excluding steroid dienone is 1. The Morgan fingerprint density at radius 3 is 3.00 bits per heavy atom. The van der Waals surface area contributed by atoms with E-state index in [-0.39, 0.29) is 12.2 Å². The number of hydrogen-bond acceptors (Lipinski definition) is 3. The van der Waals surface area contributed by atoms with Crippen LogP contribution in [0.2, 0.25) is 0 Å². The number of aliphatic hydroxyl groups is 1. The Bertz CT molecular complexity index is 128. The summed E-state index contributed by atoms with van der Waals surface area (Å²) in [5.41, 5.74) is 0. The van der Waals surface area contributed by atoms with E-state index in [0.29, 0.717) is 0 Å². The molecule has 0 aromatic rings. The molecule has 0 bridgehead atoms. The van der Waals surface area contributed by atoms with Crippen LogP contribution in [0.25, 0.3) is 0 Å². The quantitative estimate of drug-likeness (QED) is 0.474. The molecule has 1 unspecified atom stereocenters. The summed E-state index contributed by atoms with van der Waals surface area (Å²) < 4.78 is 4.42. The highest BCUT2D eigenvalue weighted by Crippen LogP contribution is 2.01. The van der Waals surface area contributed by atoms with E-state index < -0.39 is 6.29 Å². The van der Waals surface area contributed by atoms with Crippen molar-refractivity contribution >= 4 is 5.78 Å². The lowest BCUT2D eigenvalue weighted by molar-refractivity contribution is -0.147. The van der Waals surface area contributed by atoms with Crippen molar-refractivity contribution in [3.05, 3.63) is 12.3 Å². The van der Waals surface area contributed by atoms with Gasteiger partial charge in [-0.05, 0) is 6.08 Å². The highest BCUT2D eigenvalue weighted by Gasteiger charge is 2.15. The second-order valence-corrected chi connectivity index (χ2v) is 1.53. The average molecular weight is 114 g/mol. The van der Waals surface area contributed by atoms with Gasteiger partial charge in [0.15, 0.2) is 0 Å². The van der Waals surface area contributed by atoms with E-state index in [1.807, 2.05) is 0 Å². The van der Waals surface area contributed by atoms with Gasteiger partial charge in [0.05, 0.1) is 6.26 Å². The molecular weight excluding hydrogens is 108 g/mol. The van der Waals surface area contributed by atoms with E-state index in [1.165, 1.54) is 6.26 Å². The van der Waals surface area contributed by atoms with E-state index in [0.717, 1.165) is 0 Å². The zero-order valence-electron chi connectivity index (χ0n) is 4.20. The third kappa shape index (κ3) is 0.869. The van der Waals surface area contributed by atoms with Crippen LogP contribution in [-0.4, -0.2) is 17.2 Å². The minimum Gasteiger partial charge on any atom is -0.466 e. The molecule has 1 rings (SSSR count). The lowest BCUT2D eigenvalue weighted by Gasteiger charge is -2.10. The molecule has 0 radical (unpaired) electrons. The number of ether oxygens (including phenoxy) is 1. The Morgan fingerprint density at radius 2 is 2.62 bits per heavy atom. The zero-order valence-corrected chi connectivity index (χ0v) is 4.20. The third-order valence-corrected chi connectivity index (χ3v) is 0.898. The van der Waals surface area contributed by atoms with Gasteiger partial charge in [-0.2, -0.15) is 0 Å². The van der Waals surface area contributed by atoms with Crippen molar-refractivity contribution in [2.45, 2.75) is 12.7 Å². The summed E-state index contributed by atoms with van der Waals surface area (Å²) in [5.74, 6) is -0.285. The molecule has 0 fully saturated rings. The van der Waals surface area contributed by atoms with Gasteiger partial charge < -0.3 is 9.84 Å². The molecule has 0 saturated carbocycles. The maximum atomic E-state index is 10.4. The molecule has 3 heteroatoms. The van der Waals surface area contributed by atoms with Gasteiger partial charge in [0, 0.05) is 6.42 Å². The summed E-state index contributed by atoms with van der Waals surface area (Å²) in [6.07, 6.45) is 1.95. The van der Waals surface area contributed by atoms with Crippen LogP contribution in [0.15, 0.2) is 12.3 Å². The zero-order chi connectivity index (χ0) is 5.98. The van der Waals surface area contributed by atoms with Gasteiger partial charge in [0.2, 0.25) is 5.78 Å². The van der Waals surface area contributed by atoms with Crippen LogP contribution < -0.4 is 0 Å². The van der Waals surface area contributed by atoms with Gasteiger partial charge in [-0.1, -0.05) is 0 Å². The van der Waals surface area contributed by atoms with Gasteiger partial charge in [0.25, 0.3) is 6.29 Å². The van der Waals surface area contributed by atoms with E-state index in [2.05, 4.69) is 4.74 Å². The van der Waals surface area contributed by atoms with E-state index in [4.69, 9.17) is 5.11 Å². The molecule has 1 atom stereocenters. The summed E-state index contributed by atoms with van der Waals surface area (Å²) in [7, 11) is 0. The number of aliphatic hydroxyl groups excluding tert-OH is 1. The Morgan fingerprint density at radius 1 is 1.88 bits per heavy atom. The topological polar surface area (TPSA) is 46.5 Å². The molecule has 1 heterocycles. The summed E-state index contributed by atoms with van der Waals surface area (Å²) in [5, 5.41) is 8.55. The van der Waals surface area contributed by atoms with Crippen molar-refractivity contribution in [3.63, 3.8) is 0 Å². The van der Waals surface area contributed by atoms with Crippen molar-refractivity contribution in [3.8, 4) is 0 Å². The van der Waals surface area contributed by atoms with Crippen LogP contribution >= 0.6 is 0 Å². The SMILES string of the molecule is O=C1CC=COC1O. The van der Waals surface area contributed by atoms with Gasteiger partial charge in [0.1, 0.15) is 0 Å². The van der Waals surface area contributed by atoms with Crippen molar-refractivity contribution in [2.75, 3.05) is 0 Å². The lowest BCUT2D eigenvalue weighted by atomic mass is 10.2. The molecule has 0 aliphatic carbocycles. The lowest BCUT2D eigenvalue weighted by Crippen LogP contribution is -2.23. The van der Waals surface area contributed by atoms with Gasteiger partial charge in [-0.3, -0.25) is 4.79 Å². The average Bonchev–Trinajstić information content (AvgIpc) is 1.77. The Kier molecular flexibility index (Phi) is 1.30. The Hall–Kier alpha value is -0.830. The van der Waals surface area contributed by atoms with Crippen LogP contribution in [0.1, 0.15) is 6.42 Å². The molecule has 0 amide bonds. The summed E-state index contributed by atoms with van der Waals surface area (Å²) in [6, 6.07) is 0. The molecule has 0 aromatic heterocycles. The van der Waals surface area contributed by atoms with Crippen molar-refractivity contribution < 1.29 is 14.6 Å². The standard InChI is InChI=1S/C5H6O3/c6-4-2-1-3-8-5(4)7/h1,3,5,7H,2H2. The largest absolute Gasteiger partial charge is 0.466 e. The minimum absolute atomic E-state index is 0.279. The molecule has 0 spiro atoms. The van der Waals surface area contributed by atoms with Gasteiger partial charge >= 0.3 is 0 Å². The molecule has 44 valence electrons. The van der Waals surface area contributed by atoms with Crippen LogP contribution in [0.4, 0.5) is 0 Å². The second-order valence-electron chi connectivity index (χ2n) is 1.53. The number of rotatable bonds is 0. The second kappa shape index (κ2) is 1.96. The van der Waals surface area contributed by atoms with Crippen molar-refractivity contribution in [2.24, 2.45) is 0 Å². The first-order valence-electron chi connectivity index (χ1n) is 2.32. The summed E-state index contributed by atoms with van der Waals surface area (Å²) >= 11 is 0. The molecule has 8 heavy (non-hydrogen) atoms. The molecular formula is C5H6O3. The highest BCUT2D eigenvalue weighted by molar-refractivity contribution is 5.83. The number of ketones is 1. The smallest absolute Gasteiger partial charge is 0.256 e. The number of hydrogen-bond donors (Lipinski definition) is 1. The number of carbonyl (C=O) groups is 1. The fraction of sp³-hybridized carbons (Fsp3) is 0.400. The molecule has 0 aromatic carbocycles. The molecule has 1 aliphatic rings. The van der Waals surface area contributed by atoms with Gasteiger partial charge in [-0.25, -0.2) is 0 Å². The highest BCUT2D eigenvalue weighted by atomic mass is 16.6. The predicted molar refractivity (Wildman–Crippen MR) is 25.9 cm³/mol. The fourth-order valence-electron chi connectivity index (χ4n) is 0.471. The normalized spacial score (nSPS) is 27.6. The monoisotopic (exact) mass is 114 g/mol. The first kappa shape index (κ1) is 5.31. The minimum atomic E-state index is -1.22. The maximum absolute atomic E-state index is 10.4. The molecule has 3 nitrogen and oxygen atoms in total. The first-order chi connectivity index (χ1) is 3.80. The van der Waals surface area contributed by atoms with Crippen LogP contribution in [-0.2, 0) is 9.53 Å². The van der Waals surface area contributed by atoms with Crippen LogP contribution in [0.3, 0.4) is 0 Å². The van der Waals surface area contributed by atoms with Crippen LogP contribution in [0, 0.1) is 0 Å². The summed E-state index contributed by atoms with van der Waals surface area (Å²) in [4.78, 5) is 10.4. The number of carbonyl (C=O) groups excluding carboxylic acids is 1. The summed E-state index contributed by atoms with van der Waals surface area (Å²) in [6.45, 7) is 0. The molecule has 0 saturated heterocycles. The van der Waals surface area contributed by atoms with Crippen molar-refractivity contribution in [1.82, 2.24) is 0 Å². The van der Waals surface area contributed by atoms with Gasteiger partial charge in [-0.15, -0.1) is 0 Å². The molecule has 1 aliphatic heterocycles. The van der Waals surface area contributed by atoms with E-state index in [1.54, 1.807) is 6.08 Å². The van der Waals surface area contributed by atoms with E-state index >= 15 is 0 Å². The van der Waals surface area contributed by atoms with Crippen molar-refractivity contribution in [1.29, 1.82) is 0 Å². The Balaban J connectivity index is 2.57. The first-order valence-corrected chi connectivity index (χ1v) is 2.32.